The van der Waals surface area contributed by atoms with Gasteiger partial charge in [0.15, 0.2) is 5.78 Å². The number of Topliss-reactive ketones (excluding diaryl/α,β-unsaturated/α-hetero) is 2. The molecule has 0 bridgehead atoms. The normalized spacial score (nSPS) is 14.0. The third kappa shape index (κ3) is 1.98. The molecule has 0 spiro atoms. The predicted molar refractivity (Wildman–Crippen MR) is 54.1 cm³/mol. The van der Waals surface area contributed by atoms with Crippen molar-refractivity contribution in [3.8, 4) is 0 Å². The smallest absolute Gasteiger partial charge is 0.347 e. The molecule has 1 aromatic rings. The maximum Gasteiger partial charge on any atom is 0.347 e. The van der Waals surface area contributed by atoms with E-state index in [1.165, 1.54) is 0 Å². The Morgan fingerprint density at radius 2 is 1.73 bits per heavy atom. The number of carbonyl (C=O) groups is 2. The van der Waals surface area contributed by atoms with Crippen LogP contribution in [0.3, 0.4) is 0 Å². The standard InChI is InChI=1S/C10H6N2O2.Na/c11-12-8-5-9(13)6-3-1-2-4-7(6)10(8)14;/h1-4H,5H2;. The van der Waals surface area contributed by atoms with Gasteiger partial charge in [0.1, 0.15) is 6.42 Å². The van der Waals surface area contributed by atoms with Crippen molar-refractivity contribution in [3.63, 3.8) is 0 Å². The largest absolute Gasteiger partial charge is 0.361 e. The molecule has 2 rings (SSSR count). The molecule has 15 heavy (non-hydrogen) atoms. The molecule has 1 aliphatic rings. The maximum absolute atomic E-state index is 11.6. The molecule has 5 heteroatoms. The number of ketones is 2. The van der Waals surface area contributed by atoms with Gasteiger partial charge in [-0.05, 0) is 0 Å². The van der Waals surface area contributed by atoms with Crippen molar-refractivity contribution in [1.82, 2.24) is 0 Å². The van der Waals surface area contributed by atoms with E-state index >= 15 is 0 Å². The van der Waals surface area contributed by atoms with Gasteiger partial charge in [0.25, 0.3) is 5.78 Å². The zero-order valence-corrected chi connectivity index (χ0v) is 10.2. The summed E-state index contributed by atoms with van der Waals surface area (Å²) in [5.74, 6) is -0.560. The van der Waals surface area contributed by atoms with Crippen molar-refractivity contribution in [2.75, 3.05) is 0 Å². The fourth-order valence-electron chi connectivity index (χ4n) is 1.49. The minimum Gasteiger partial charge on any atom is -0.361 e. The van der Waals surface area contributed by atoms with E-state index in [0.717, 1.165) is 0 Å². The Kier molecular flexibility index (Phi) is 3.72. The quantitative estimate of drug-likeness (QED) is 0.359. The zero-order valence-electron chi connectivity index (χ0n) is 8.23. The van der Waals surface area contributed by atoms with Crippen molar-refractivity contribution in [2.24, 2.45) is 0 Å². The summed E-state index contributed by atoms with van der Waals surface area (Å²) in [7, 11) is 0. The van der Waals surface area contributed by atoms with Gasteiger partial charge in [-0.2, -0.15) is 4.79 Å². The molecule has 0 saturated carbocycles. The fraction of sp³-hybridized carbons (Fsp3) is 0.100. The first-order valence-corrected chi connectivity index (χ1v) is 4.12. The Morgan fingerprint density at radius 3 is 2.33 bits per heavy atom. The van der Waals surface area contributed by atoms with Gasteiger partial charge in [-0.3, -0.25) is 9.59 Å². The van der Waals surface area contributed by atoms with E-state index in [0.29, 0.717) is 11.1 Å². The van der Waals surface area contributed by atoms with Crippen molar-refractivity contribution in [1.29, 1.82) is 0 Å². The summed E-state index contributed by atoms with van der Waals surface area (Å²) in [4.78, 5) is 25.8. The van der Waals surface area contributed by atoms with Crippen molar-refractivity contribution < 1.29 is 14.4 Å². The van der Waals surface area contributed by atoms with E-state index in [1.807, 2.05) is 0 Å². The van der Waals surface area contributed by atoms with Crippen LogP contribution in [0, 0.1) is 0 Å². The van der Waals surface area contributed by atoms with Gasteiger partial charge >= 0.3 is 5.71 Å². The van der Waals surface area contributed by atoms with Gasteiger partial charge < -0.3 is 5.53 Å². The minimum absolute atomic E-state index is 0. The van der Waals surface area contributed by atoms with Gasteiger partial charge in [-0.15, -0.1) is 0 Å². The summed E-state index contributed by atoms with van der Waals surface area (Å²) in [6, 6.07) is 6.53. The second kappa shape index (κ2) is 4.64. The van der Waals surface area contributed by atoms with Gasteiger partial charge in [0.2, 0.25) is 0 Å². The molecule has 0 aromatic heterocycles. The average molecular weight is 209 g/mol. The van der Waals surface area contributed by atoms with Crippen LogP contribution in [0.15, 0.2) is 24.3 Å². The van der Waals surface area contributed by atoms with E-state index in [1.54, 1.807) is 24.3 Å². The molecule has 1 aliphatic carbocycles. The first-order chi connectivity index (χ1) is 6.74. The van der Waals surface area contributed by atoms with Crippen LogP contribution in [0.4, 0.5) is 0 Å². The van der Waals surface area contributed by atoms with Crippen LogP contribution in [0.2, 0.25) is 0 Å². The van der Waals surface area contributed by atoms with Crippen molar-refractivity contribution >= 4 is 46.8 Å². The van der Waals surface area contributed by atoms with Crippen LogP contribution in [0.1, 0.15) is 27.1 Å². The van der Waals surface area contributed by atoms with Gasteiger partial charge in [0.05, 0.1) is 0 Å². The first-order valence-electron chi connectivity index (χ1n) is 4.12. The van der Waals surface area contributed by atoms with E-state index in [-0.39, 0.29) is 53.3 Å². The molecule has 1 aromatic carbocycles. The second-order valence-electron chi connectivity index (χ2n) is 3.02. The molecule has 0 amide bonds. The molecule has 0 atom stereocenters. The van der Waals surface area contributed by atoms with Crippen LogP contribution in [0.25, 0.3) is 5.53 Å². The Balaban J connectivity index is 0.00000112. The number of fused-ring (bicyclic) bond motifs is 1. The third-order valence-electron chi connectivity index (χ3n) is 2.18. The number of benzene rings is 1. The molecule has 0 fully saturated rings. The van der Waals surface area contributed by atoms with Gasteiger partial charge in [-0.1, -0.05) is 24.3 Å². The van der Waals surface area contributed by atoms with Gasteiger partial charge in [0, 0.05) is 40.7 Å². The van der Waals surface area contributed by atoms with Crippen LogP contribution in [-0.2, 0) is 0 Å². The second-order valence-corrected chi connectivity index (χ2v) is 3.02. The predicted octanol–water partition coefficient (Wildman–Crippen LogP) is 0.746. The Labute approximate surface area is 108 Å². The number of nitrogens with zero attached hydrogens (tertiary/aromatic N) is 2. The summed E-state index contributed by atoms with van der Waals surface area (Å²) in [5, 5.41) is 0. The number of carbonyl (C=O) groups excluding carboxylic acids is 2. The maximum atomic E-state index is 11.6. The number of hydrogen-bond donors (Lipinski definition) is 0. The van der Waals surface area contributed by atoms with Crippen LogP contribution in [0.5, 0.6) is 0 Å². The van der Waals surface area contributed by atoms with Crippen molar-refractivity contribution in [3.05, 3.63) is 40.9 Å². The molecule has 1 radical (unpaired) electrons. The minimum atomic E-state index is -0.372. The summed E-state index contributed by atoms with van der Waals surface area (Å²) in [5.41, 5.74) is 9.15. The molecular weight excluding hydrogens is 203 g/mol. The van der Waals surface area contributed by atoms with E-state index in [4.69, 9.17) is 5.53 Å². The summed E-state index contributed by atoms with van der Waals surface area (Å²) >= 11 is 0. The molecule has 0 unspecified atom stereocenters. The first kappa shape index (κ1) is 12.0. The van der Waals surface area contributed by atoms with Crippen molar-refractivity contribution in [2.45, 2.75) is 6.42 Å². The Hall–Kier alpha value is -1.06. The Morgan fingerprint density at radius 1 is 1.13 bits per heavy atom. The summed E-state index contributed by atoms with van der Waals surface area (Å²) < 4.78 is 0. The average Bonchev–Trinajstić information content (AvgIpc) is 2.23. The SMILES string of the molecule is [N-]=[N+]=C1CC(=O)c2ccccc2C1=O.[Na]. The third-order valence-corrected chi connectivity index (χ3v) is 2.18. The monoisotopic (exact) mass is 209 g/mol. The molecule has 4 nitrogen and oxygen atoms in total. The Bertz CT molecular complexity index is 490. The topological polar surface area (TPSA) is 70.5 Å². The molecule has 0 aliphatic heterocycles. The van der Waals surface area contributed by atoms with E-state index in [9.17, 15) is 9.59 Å². The summed E-state index contributed by atoms with van der Waals surface area (Å²) in [6.45, 7) is 0. The number of hydrogen-bond acceptors (Lipinski definition) is 2. The van der Waals surface area contributed by atoms with Crippen LogP contribution in [-0.4, -0.2) is 51.6 Å². The fourth-order valence-corrected chi connectivity index (χ4v) is 1.49. The molecule has 69 valence electrons. The molecule has 0 heterocycles. The summed E-state index contributed by atoms with van der Waals surface area (Å²) in [6.07, 6.45) is -0.119. The molecular formula is C10H6N2NaO2. The van der Waals surface area contributed by atoms with Gasteiger partial charge in [-0.25, -0.2) is 0 Å². The molecule has 0 saturated heterocycles. The number of rotatable bonds is 0. The van der Waals surface area contributed by atoms with E-state index < -0.39 is 0 Å². The molecule has 0 N–H and O–H groups in total. The zero-order chi connectivity index (χ0) is 10.1. The van der Waals surface area contributed by atoms with E-state index in [2.05, 4.69) is 4.79 Å². The van der Waals surface area contributed by atoms with Crippen LogP contribution < -0.4 is 0 Å². The van der Waals surface area contributed by atoms with Crippen LogP contribution >= 0.6 is 0 Å².